The Hall–Kier alpha value is -3.68. The number of ether oxygens (including phenoxy) is 2. The quantitative estimate of drug-likeness (QED) is 0.468. The summed E-state index contributed by atoms with van der Waals surface area (Å²) in [6, 6.07) is 12.7. The van der Waals surface area contributed by atoms with Gasteiger partial charge in [-0.15, -0.1) is 0 Å². The number of benzene rings is 1. The van der Waals surface area contributed by atoms with Gasteiger partial charge in [-0.1, -0.05) is 13.3 Å². The maximum absolute atomic E-state index is 13.4. The number of nitrogens with zero attached hydrogens (tertiary/aromatic N) is 3. The highest BCUT2D eigenvalue weighted by molar-refractivity contribution is 5.97. The molecule has 1 aliphatic rings. The fourth-order valence-electron chi connectivity index (χ4n) is 3.76. The number of rotatable bonds is 10. The fourth-order valence-corrected chi connectivity index (χ4v) is 3.76. The number of hydrogen-bond donors (Lipinski definition) is 0. The third-order valence-corrected chi connectivity index (χ3v) is 5.70. The molecule has 2 aromatic heterocycles. The third kappa shape index (κ3) is 5.39. The van der Waals surface area contributed by atoms with Crippen LogP contribution in [-0.4, -0.2) is 46.1 Å². The van der Waals surface area contributed by atoms with Crippen LogP contribution in [0, 0.1) is 0 Å². The Bertz CT molecular complexity index is 1090. The molecule has 174 valence electrons. The van der Waals surface area contributed by atoms with E-state index >= 15 is 0 Å². The number of carbonyl (C=O) groups is 2. The summed E-state index contributed by atoms with van der Waals surface area (Å²) in [5.41, 5.74) is 1.47. The molecule has 0 bridgehead atoms. The lowest BCUT2D eigenvalue weighted by atomic mass is 10.1. The van der Waals surface area contributed by atoms with E-state index in [0.717, 1.165) is 18.5 Å². The van der Waals surface area contributed by atoms with E-state index in [1.54, 1.807) is 40.3 Å². The topological polar surface area (TPSA) is 77.2 Å². The van der Waals surface area contributed by atoms with Crippen LogP contribution in [0.3, 0.4) is 0 Å². The van der Waals surface area contributed by atoms with E-state index in [1.807, 2.05) is 36.0 Å². The number of furan rings is 1. The molecule has 0 saturated carbocycles. The molecule has 1 aromatic carbocycles. The summed E-state index contributed by atoms with van der Waals surface area (Å²) < 4.78 is 18.2. The van der Waals surface area contributed by atoms with Gasteiger partial charge in [-0.3, -0.25) is 9.59 Å². The zero-order valence-corrected chi connectivity index (χ0v) is 19.0. The molecule has 0 radical (unpaired) electrons. The number of fused-ring (bicyclic) bond motifs is 1. The number of aryl methyl sites for hydroxylation is 1. The standard InChI is InChI=1S/C25H29N3O5/c1-3-4-12-27(25(30)19-9-10-22-23(14-19)33-18-32-22)17-24(29)28(16-21-8-6-13-31-21)15-20-7-5-11-26(20)2/h5-11,13-14H,3-4,12,15-18H2,1-2H3. The van der Waals surface area contributed by atoms with Crippen molar-refractivity contribution in [3.8, 4) is 11.5 Å². The molecule has 0 unspecified atom stereocenters. The summed E-state index contributed by atoms with van der Waals surface area (Å²) in [5.74, 6) is 1.52. The van der Waals surface area contributed by atoms with E-state index < -0.39 is 0 Å². The third-order valence-electron chi connectivity index (χ3n) is 5.70. The van der Waals surface area contributed by atoms with Crippen molar-refractivity contribution in [2.24, 2.45) is 7.05 Å². The van der Waals surface area contributed by atoms with E-state index in [2.05, 4.69) is 6.92 Å². The summed E-state index contributed by atoms with van der Waals surface area (Å²) >= 11 is 0. The molecule has 0 N–H and O–H groups in total. The molecule has 33 heavy (non-hydrogen) atoms. The van der Waals surface area contributed by atoms with Crippen LogP contribution in [0.4, 0.5) is 0 Å². The van der Waals surface area contributed by atoms with Crippen molar-refractivity contribution in [3.05, 3.63) is 71.9 Å². The Labute approximate surface area is 193 Å². The minimum atomic E-state index is -0.202. The largest absolute Gasteiger partial charge is 0.467 e. The van der Waals surface area contributed by atoms with Crippen molar-refractivity contribution in [3.63, 3.8) is 0 Å². The Kier molecular flexibility index (Phi) is 7.02. The molecule has 8 heteroatoms. The van der Waals surface area contributed by atoms with Crippen LogP contribution in [0.15, 0.2) is 59.3 Å². The van der Waals surface area contributed by atoms with Gasteiger partial charge in [0.15, 0.2) is 11.5 Å². The molecule has 0 aliphatic carbocycles. The van der Waals surface area contributed by atoms with Crippen LogP contribution < -0.4 is 9.47 Å². The van der Waals surface area contributed by atoms with Gasteiger partial charge in [0.2, 0.25) is 12.7 Å². The van der Waals surface area contributed by atoms with Crippen LogP contribution >= 0.6 is 0 Å². The molecule has 2 amide bonds. The summed E-state index contributed by atoms with van der Waals surface area (Å²) in [5, 5.41) is 0. The minimum Gasteiger partial charge on any atom is -0.467 e. The van der Waals surface area contributed by atoms with E-state index in [0.29, 0.717) is 42.5 Å². The zero-order chi connectivity index (χ0) is 23.2. The second-order valence-electron chi connectivity index (χ2n) is 8.09. The SMILES string of the molecule is CCCCN(CC(=O)N(Cc1ccco1)Cc1cccn1C)C(=O)c1ccc2c(c1)OCO2. The highest BCUT2D eigenvalue weighted by Crippen LogP contribution is 2.32. The van der Waals surface area contributed by atoms with Gasteiger partial charge in [0.05, 0.1) is 19.4 Å². The predicted octanol–water partition coefficient (Wildman–Crippen LogP) is 3.82. The molecule has 3 aromatic rings. The molecule has 1 aliphatic heterocycles. The molecule has 4 rings (SSSR count). The maximum Gasteiger partial charge on any atom is 0.254 e. The van der Waals surface area contributed by atoms with E-state index in [1.165, 1.54) is 0 Å². The lowest BCUT2D eigenvalue weighted by molar-refractivity contribution is -0.133. The monoisotopic (exact) mass is 451 g/mol. The van der Waals surface area contributed by atoms with E-state index in [-0.39, 0.29) is 25.2 Å². The van der Waals surface area contributed by atoms with Crippen molar-refractivity contribution in [1.82, 2.24) is 14.4 Å². The lowest BCUT2D eigenvalue weighted by Gasteiger charge is -2.27. The van der Waals surface area contributed by atoms with Gasteiger partial charge in [-0.2, -0.15) is 0 Å². The number of aromatic nitrogens is 1. The van der Waals surface area contributed by atoms with Crippen molar-refractivity contribution >= 4 is 11.8 Å². The molecule has 0 fully saturated rings. The molecular weight excluding hydrogens is 422 g/mol. The Morgan fingerprint density at radius 1 is 1.03 bits per heavy atom. The molecular formula is C25H29N3O5. The first-order valence-electron chi connectivity index (χ1n) is 11.1. The van der Waals surface area contributed by atoms with Gasteiger partial charge in [0.1, 0.15) is 12.3 Å². The second-order valence-corrected chi connectivity index (χ2v) is 8.09. The minimum absolute atomic E-state index is 0.0155. The van der Waals surface area contributed by atoms with Crippen LogP contribution in [0.25, 0.3) is 0 Å². The Morgan fingerprint density at radius 2 is 1.88 bits per heavy atom. The first-order chi connectivity index (χ1) is 16.0. The number of carbonyl (C=O) groups excluding carboxylic acids is 2. The van der Waals surface area contributed by atoms with E-state index in [9.17, 15) is 9.59 Å². The van der Waals surface area contributed by atoms with Crippen LogP contribution in [0.2, 0.25) is 0 Å². The van der Waals surface area contributed by atoms with Crippen LogP contribution in [-0.2, 0) is 24.9 Å². The second kappa shape index (κ2) is 10.3. The highest BCUT2D eigenvalue weighted by Gasteiger charge is 2.25. The first kappa shape index (κ1) is 22.5. The normalized spacial score (nSPS) is 12.1. The molecule has 8 nitrogen and oxygen atoms in total. The van der Waals surface area contributed by atoms with Gasteiger partial charge in [0.25, 0.3) is 5.91 Å². The van der Waals surface area contributed by atoms with Crippen molar-refractivity contribution in [2.45, 2.75) is 32.9 Å². The summed E-state index contributed by atoms with van der Waals surface area (Å²) in [7, 11) is 1.95. The summed E-state index contributed by atoms with van der Waals surface area (Å²) in [4.78, 5) is 30.1. The van der Waals surface area contributed by atoms with Crippen LogP contribution in [0.5, 0.6) is 11.5 Å². The van der Waals surface area contributed by atoms with Gasteiger partial charge in [-0.05, 0) is 48.9 Å². The average molecular weight is 452 g/mol. The van der Waals surface area contributed by atoms with Gasteiger partial charge in [0, 0.05) is 31.0 Å². The van der Waals surface area contributed by atoms with Crippen molar-refractivity contribution in [2.75, 3.05) is 19.9 Å². The zero-order valence-electron chi connectivity index (χ0n) is 19.0. The lowest BCUT2D eigenvalue weighted by Crippen LogP contribution is -2.43. The average Bonchev–Trinajstić information content (AvgIpc) is 3.58. The number of hydrogen-bond acceptors (Lipinski definition) is 5. The van der Waals surface area contributed by atoms with Crippen molar-refractivity contribution in [1.29, 1.82) is 0 Å². The Balaban J connectivity index is 1.52. The van der Waals surface area contributed by atoms with Gasteiger partial charge < -0.3 is 28.3 Å². The number of amides is 2. The van der Waals surface area contributed by atoms with Gasteiger partial charge in [-0.25, -0.2) is 0 Å². The summed E-state index contributed by atoms with van der Waals surface area (Å²) in [6.07, 6.45) is 5.26. The molecule has 0 saturated heterocycles. The number of unbranched alkanes of at least 4 members (excludes halogenated alkanes) is 1. The first-order valence-corrected chi connectivity index (χ1v) is 11.1. The van der Waals surface area contributed by atoms with Gasteiger partial charge >= 0.3 is 0 Å². The molecule has 0 atom stereocenters. The van der Waals surface area contributed by atoms with E-state index in [4.69, 9.17) is 13.9 Å². The summed E-state index contributed by atoms with van der Waals surface area (Å²) in [6.45, 7) is 3.43. The molecule has 0 spiro atoms. The Morgan fingerprint density at radius 3 is 2.61 bits per heavy atom. The highest BCUT2D eigenvalue weighted by atomic mass is 16.7. The van der Waals surface area contributed by atoms with Crippen molar-refractivity contribution < 1.29 is 23.5 Å². The fraction of sp³-hybridized carbons (Fsp3) is 0.360. The van der Waals surface area contributed by atoms with Crippen LogP contribution in [0.1, 0.15) is 41.6 Å². The predicted molar refractivity (Wildman–Crippen MR) is 122 cm³/mol. The maximum atomic E-state index is 13.4. The smallest absolute Gasteiger partial charge is 0.254 e. The molecule has 3 heterocycles.